The first-order valence-corrected chi connectivity index (χ1v) is 6.06. The van der Waals surface area contributed by atoms with Crippen LogP contribution < -0.4 is 4.90 Å². The summed E-state index contributed by atoms with van der Waals surface area (Å²) in [7, 11) is 4.02. The van der Waals surface area contributed by atoms with Crippen LogP contribution in [0.1, 0.15) is 24.2 Å². The zero-order valence-electron chi connectivity index (χ0n) is 11.4. The van der Waals surface area contributed by atoms with Crippen LogP contribution in [0.3, 0.4) is 0 Å². The second kappa shape index (κ2) is 6.35. The Morgan fingerprint density at radius 3 is 2.67 bits per heavy atom. The Kier molecular flexibility index (Phi) is 5.09. The zero-order valence-corrected chi connectivity index (χ0v) is 11.4. The minimum Gasteiger partial charge on any atom is -0.478 e. The van der Waals surface area contributed by atoms with Crippen LogP contribution in [-0.4, -0.2) is 54.2 Å². The van der Waals surface area contributed by atoms with Crippen molar-refractivity contribution in [2.24, 2.45) is 0 Å². The lowest BCUT2D eigenvalue weighted by atomic mass is 10.1. The number of nitrogens with zero attached hydrogens (tertiary/aromatic N) is 3. The highest BCUT2D eigenvalue weighted by Gasteiger charge is 2.19. The fraction of sp³-hybridized carbons (Fsp3) is 0.538. The first kappa shape index (κ1) is 14.4. The maximum absolute atomic E-state index is 11.2. The maximum Gasteiger partial charge on any atom is 0.339 e. The number of aromatic carboxylic acids is 1. The number of likely N-dealkylation sites (N-methyl/N-ethyl adjacent to an activating group) is 2. The number of hydrogen-bond donors (Lipinski definition) is 1. The van der Waals surface area contributed by atoms with Crippen LogP contribution in [0, 0.1) is 0 Å². The van der Waals surface area contributed by atoms with Crippen molar-refractivity contribution in [3.63, 3.8) is 0 Å². The number of anilines is 1. The largest absolute Gasteiger partial charge is 0.478 e. The van der Waals surface area contributed by atoms with E-state index in [9.17, 15) is 9.90 Å². The monoisotopic (exact) mass is 251 g/mol. The van der Waals surface area contributed by atoms with Crippen molar-refractivity contribution in [3.05, 3.63) is 24.0 Å². The number of rotatable bonds is 6. The van der Waals surface area contributed by atoms with E-state index in [-0.39, 0.29) is 11.6 Å². The highest BCUT2D eigenvalue weighted by atomic mass is 16.4. The first-order valence-electron chi connectivity index (χ1n) is 6.06. The minimum absolute atomic E-state index is 0.241. The standard InChI is InChI=1S/C13H21N3O2/c1-5-16(10(2)9-15(3)4)12-6-7-14-8-11(12)13(17)18/h6-8,10H,5,9H2,1-4H3,(H,17,18). The molecule has 1 heterocycles. The van der Waals surface area contributed by atoms with E-state index in [2.05, 4.69) is 21.7 Å². The molecule has 0 saturated heterocycles. The number of carbonyl (C=O) groups is 1. The average Bonchev–Trinajstić information content (AvgIpc) is 2.29. The van der Waals surface area contributed by atoms with Crippen LogP contribution in [0.4, 0.5) is 5.69 Å². The lowest BCUT2D eigenvalue weighted by Crippen LogP contribution is -2.40. The number of hydrogen-bond acceptors (Lipinski definition) is 4. The van der Waals surface area contributed by atoms with Crippen molar-refractivity contribution in [1.29, 1.82) is 0 Å². The summed E-state index contributed by atoms with van der Waals surface area (Å²) in [5.74, 6) is -0.936. The van der Waals surface area contributed by atoms with Gasteiger partial charge in [0.05, 0.1) is 5.69 Å². The lowest BCUT2D eigenvalue weighted by molar-refractivity contribution is 0.0697. The average molecular weight is 251 g/mol. The molecule has 1 atom stereocenters. The molecule has 0 aliphatic rings. The highest BCUT2D eigenvalue weighted by Crippen LogP contribution is 2.21. The molecule has 0 amide bonds. The first-order chi connectivity index (χ1) is 8.47. The van der Waals surface area contributed by atoms with Crippen LogP contribution in [0.15, 0.2) is 18.5 Å². The van der Waals surface area contributed by atoms with Gasteiger partial charge in [0.25, 0.3) is 0 Å². The molecule has 0 spiro atoms. The van der Waals surface area contributed by atoms with Gasteiger partial charge in [-0.2, -0.15) is 0 Å². The molecule has 1 unspecified atom stereocenters. The van der Waals surface area contributed by atoms with Gasteiger partial charge in [0.2, 0.25) is 0 Å². The van der Waals surface area contributed by atoms with Crippen LogP contribution in [0.25, 0.3) is 0 Å². The molecular weight excluding hydrogens is 230 g/mol. The Balaban J connectivity index is 3.05. The molecule has 1 aromatic rings. The molecule has 0 radical (unpaired) electrons. The van der Waals surface area contributed by atoms with Crippen molar-refractivity contribution in [3.8, 4) is 0 Å². The number of pyridine rings is 1. The van der Waals surface area contributed by atoms with E-state index in [1.165, 1.54) is 6.20 Å². The summed E-state index contributed by atoms with van der Waals surface area (Å²) in [5.41, 5.74) is 0.985. The topological polar surface area (TPSA) is 56.7 Å². The third-order valence-electron chi connectivity index (χ3n) is 2.84. The van der Waals surface area contributed by atoms with E-state index in [4.69, 9.17) is 0 Å². The molecule has 0 bridgehead atoms. The fourth-order valence-electron chi connectivity index (χ4n) is 2.15. The van der Waals surface area contributed by atoms with E-state index in [1.54, 1.807) is 12.3 Å². The predicted octanol–water partition coefficient (Wildman–Crippen LogP) is 1.56. The summed E-state index contributed by atoms with van der Waals surface area (Å²) in [6.45, 7) is 5.75. The highest BCUT2D eigenvalue weighted by molar-refractivity contribution is 5.94. The van der Waals surface area contributed by atoms with Crippen molar-refractivity contribution >= 4 is 11.7 Å². The Hall–Kier alpha value is -1.62. The molecule has 0 aliphatic heterocycles. The summed E-state index contributed by atoms with van der Waals surface area (Å²) < 4.78 is 0. The molecule has 5 heteroatoms. The smallest absolute Gasteiger partial charge is 0.339 e. The van der Waals surface area contributed by atoms with Crippen molar-refractivity contribution in [2.75, 3.05) is 32.1 Å². The zero-order chi connectivity index (χ0) is 13.7. The SMILES string of the molecule is CCN(c1ccncc1C(=O)O)C(C)CN(C)C. The van der Waals surface area contributed by atoms with Gasteiger partial charge in [-0.25, -0.2) is 4.79 Å². The van der Waals surface area contributed by atoms with Crippen molar-refractivity contribution in [1.82, 2.24) is 9.88 Å². The Morgan fingerprint density at radius 1 is 1.50 bits per heavy atom. The lowest BCUT2D eigenvalue weighted by Gasteiger charge is -2.32. The van der Waals surface area contributed by atoms with E-state index >= 15 is 0 Å². The molecule has 1 N–H and O–H groups in total. The molecular formula is C13H21N3O2. The van der Waals surface area contributed by atoms with Gasteiger partial charge in [0, 0.05) is 31.5 Å². The molecule has 100 valence electrons. The quantitative estimate of drug-likeness (QED) is 0.831. The molecule has 1 aromatic heterocycles. The third-order valence-corrected chi connectivity index (χ3v) is 2.84. The summed E-state index contributed by atoms with van der Waals surface area (Å²) in [5, 5.41) is 9.20. The van der Waals surface area contributed by atoms with Gasteiger partial charge in [-0.3, -0.25) is 4.98 Å². The molecule has 5 nitrogen and oxygen atoms in total. The van der Waals surface area contributed by atoms with Gasteiger partial charge in [-0.05, 0) is 34.0 Å². The fourth-order valence-corrected chi connectivity index (χ4v) is 2.15. The Labute approximate surface area is 108 Å². The van der Waals surface area contributed by atoms with E-state index < -0.39 is 5.97 Å². The van der Waals surface area contributed by atoms with Gasteiger partial charge in [0.1, 0.15) is 5.56 Å². The maximum atomic E-state index is 11.2. The van der Waals surface area contributed by atoms with E-state index in [0.29, 0.717) is 0 Å². The summed E-state index contributed by atoms with van der Waals surface area (Å²) in [6, 6.07) is 2.00. The van der Waals surface area contributed by atoms with Crippen LogP contribution in [-0.2, 0) is 0 Å². The van der Waals surface area contributed by atoms with Crippen LogP contribution >= 0.6 is 0 Å². The molecule has 18 heavy (non-hydrogen) atoms. The Morgan fingerprint density at radius 2 is 2.17 bits per heavy atom. The van der Waals surface area contributed by atoms with Crippen LogP contribution in [0.5, 0.6) is 0 Å². The summed E-state index contributed by atoms with van der Waals surface area (Å²) in [6.07, 6.45) is 3.04. The van der Waals surface area contributed by atoms with Gasteiger partial charge >= 0.3 is 5.97 Å². The normalized spacial score (nSPS) is 12.5. The number of aromatic nitrogens is 1. The Bertz CT molecular complexity index is 407. The van der Waals surface area contributed by atoms with Crippen molar-refractivity contribution < 1.29 is 9.90 Å². The van der Waals surface area contributed by atoms with E-state index in [0.717, 1.165) is 18.8 Å². The second-order valence-corrected chi connectivity index (χ2v) is 4.60. The van der Waals surface area contributed by atoms with Gasteiger partial charge in [-0.1, -0.05) is 0 Å². The van der Waals surface area contributed by atoms with Gasteiger partial charge in [-0.15, -0.1) is 0 Å². The second-order valence-electron chi connectivity index (χ2n) is 4.60. The molecule has 0 saturated carbocycles. The minimum atomic E-state index is -0.936. The van der Waals surface area contributed by atoms with Gasteiger partial charge in [0.15, 0.2) is 0 Å². The van der Waals surface area contributed by atoms with Crippen molar-refractivity contribution in [2.45, 2.75) is 19.9 Å². The van der Waals surface area contributed by atoms with E-state index in [1.807, 2.05) is 21.0 Å². The molecule has 0 aromatic carbocycles. The predicted molar refractivity (Wildman–Crippen MR) is 72.2 cm³/mol. The van der Waals surface area contributed by atoms with Gasteiger partial charge < -0.3 is 14.9 Å². The number of carboxylic acid groups (broad SMARTS) is 1. The van der Waals surface area contributed by atoms with Crippen LogP contribution in [0.2, 0.25) is 0 Å². The molecule has 1 rings (SSSR count). The summed E-state index contributed by atoms with van der Waals surface area (Å²) >= 11 is 0. The number of carboxylic acids is 1. The summed E-state index contributed by atoms with van der Waals surface area (Å²) in [4.78, 5) is 19.3. The third kappa shape index (κ3) is 3.43. The molecule has 0 aliphatic carbocycles. The molecule has 0 fully saturated rings.